The lowest BCUT2D eigenvalue weighted by molar-refractivity contribution is -0.135. The SMILES string of the molecule is CONC(CC(=O)O)=Nc1ccc(-c2cnc([C@@H]3CCc4cc(-c5cc(Cl)ccc5-n5cnnn5)cc(=O)n43)[nH]2)cc1. The Morgan fingerprint density at radius 3 is 2.76 bits per heavy atom. The predicted octanol–water partition coefficient (Wildman–Crippen LogP) is 3.73. The first kappa shape index (κ1) is 27.1. The van der Waals surface area contributed by atoms with Gasteiger partial charge < -0.3 is 14.7 Å². The molecule has 3 N–H and O–H groups in total. The number of aliphatic carboxylic acids is 1. The van der Waals surface area contributed by atoms with Crippen molar-refractivity contribution >= 4 is 29.1 Å². The number of hydrogen-bond donors (Lipinski definition) is 3. The van der Waals surface area contributed by atoms with Crippen LogP contribution in [0.5, 0.6) is 0 Å². The molecular weight excluding hydrogens is 562 g/mol. The minimum Gasteiger partial charge on any atom is -0.481 e. The van der Waals surface area contributed by atoms with Gasteiger partial charge in [0.15, 0.2) is 0 Å². The fourth-order valence-electron chi connectivity index (χ4n) is 5.10. The zero-order chi connectivity index (χ0) is 29.2. The van der Waals surface area contributed by atoms with Crippen LogP contribution in [0.25, 0.3) is 28.1 Å². The highest BCUT2D eigenvalue weighted by molar-refractivity contribution is 6.31. The summed E-state index contributed by atoms with van der Waals surface area (Å²) in [5.41, 5.74) is 7.65. The van der Waals surface area contributed by atoms with Crippen LogP contribution in [0.2, 0.25) is 5.02 Å². The maximum Gasteiger partial charge on any atom is 0.311 e. The van der Waals surface area contributed by atoms with E-state index in [1.54, 1.807) is 41.1 Å². The molecule has 0 spiro atoms. The number of benzene rings is 2. The van der Waals surface area contributed by atoms with E-state index in [1.165, 1.54) is 18.1 Å². The van der Waals surface area contributed by atoms with Crippen molar-refractivity contribution in [3.05, 3.63) is 94.0 Å². The molecule has 0 radical (unpaired) electrons. The number of amidine groups is 1. The fourth-order valence-corrected chi connectivity index (χ4v) is 5.28. The number of aliphatic imine (C=N–C) groups is 1. The van der Waals surface area contributed by atoms with E-state index in [4.69, 9.17) is 21.5 Å². The molecular formula is C28H24ClN9O4. The summed E-state index contributed by atoms with van der Waals surface area (Å²) in [6.07, 6.45) is 4.34. The number of aryl methyl sites for hydroxylation is 1. The third kappa shape index (κ3) is 5.42. The van der Waals surface area contributed by atoms with Crippen LogP contribution in [0.1, 0.15) is 30.4 Å². The molecule has 0 bridgehead atoms. The summed E-state index contributed by atoms with van der Waals surface area (Å²) >= 11 is 6.31. The number of carboxylic acids is 1. The van der Waals surface area contributed by atoms with Crippen molar-refractivity contribution in [3.8, 4) is 28.1 Å². The summed E-state index contributed by atoms with van der Waals surface area (Å²) in [6.45, 7) is 0. The monoisotopic (exact) mass is 585 g/mol. The first-order valence-electron chi connectivity index (χ1n) is 12.9. The van der Waals surface area contributed by atoms with E-state index >= 15 is 0 Å². The van der Waals surface area contributed by atoms with Gasteiger partial charge in [0.2, 0.25) is 0 Å². The number of hydrogen-bond acceptors (Lipinski definition) is 8. The zero-order valence-corrected chi connectivity index (χ0v) is 23.0. The van der Waals surface area contributed by atoms with Crippen molar-refractivity contribution in [1.82, 2.24) is 40.2 Å². The van der Waals surface area contributed by atoms with Crippen LogP contribution >= 0.6 is 11.6 Å². The van der Waals surface area contributed by atoms with Gasteiger partial charge in [-0.05, 0) is 70.8 Å². The van der Waals surface area contributed by atoms with Crippen LogP contribution in [0.3, 0.4) is 0 Å². The van der Waals surface area contributed by atoms with Gasteiger partial charge in [0, 0.05) is 22.3 Å². The number of imidazole rings is 1. The highest BCUT2D eigenvalue weighted by Crippen LogP contribution is 2.34. The van der Waals surface area contributed by atoms with E-state index in [0.717, 1.165) is 28.1 Å². The standard InChI is InChI=1S/C28H24ClN9O4/c1-42-34-25(13-27(40)41)32-19-5-2-16(3-6-19)22-14-30-28(33-22)24-9-7-20-10-17(11-26(39)38(20)24)21-12-18(29)4-8-23(21)37-15-31-35-36-37/h2-6,8,10-12,14-15,24H,7,9,13H2,1H3,(H,30,33)(H,32,34)(H,40,41)/t24-/m0/s1. The van der Waals surface area contributed by atoms with Gasteiger partial charge >= 0.3 is 5.97 Å². The van der Waals surface area contributed by atoms with Gasteiger partial charge in [-0.15, -0.1) is 5.10 Å². The molecule has 5 aromatic rings. The number of carboxylic acid groups (broad SMARTS) is 1. The molecule has 0 fully saturated rings. The summed E-state index contributed by atoms with van der Waals surface area (Å²) in [7, 11) is 1.39. The molecule has 0 unspecified atom stereocenters. The number of aromatic amines is 1. The Labute approximate surface area is 243 Å². The molecule has 42 heavy (non-hydrogen) atoms. The largest absolute Gasteiger partial charge is 0.481 e. The molecule has 6 rings (SSSR count). The summed E-state index contributed by atoms with van der Waals surface area (Å²) < 4.78 is 3.31. The van der Waals surface area contributed by atoms with Crippen molar-refractivity contribution in [2.45, 2.75) is 25.3 Å². The van der Waals surface area contributed by atoms with E-state index in [1.807, 2.05) is 24.3 Å². The Bertz CT molecular complexity index is 1850. The Balaban J connectivity index is 1.26. The number of H-pyrrole nitrogens is 1. The number of nitrogens with zero attached hydrogens (tertiary/aromatic N) is 7. The molecule has 1 atom stereocenters. The molecule has 13 nitrogen and oxygen atoms in total. The molecule has 0 saturated carbocycles. The van der Waals surface area contributed by atoms with Crippen molar-refractivity contribution in [2.24, 2.45) is 4.99 Å². The molecule has 14 heteroatoms. The van der Waals surface area contributed by atoms with Gasteiger partial charge in [-0.1, -0.05) is 23.7 Å². The van der Waals surface area contributed by atoms with Gasteiger partial charge in [-0.2, -0.15) is 4.68 Å². The summed E-state index contributed by atoms with van der Waals surface area (Å²) in [5.74, 6) is -0.162. The van der Waals surface area contributed by atoms with Crippen molar-refractivity contribution in [1.29, 1.82) is 0 Å². The van der Waals surface area contributed by atoms with E-state index in [2.05, 4.69) is 36.0 Å². The number of halogens is 1. The molecule has 0 aliphatic carbocycles. The normalized spacial score (nSPS) is 14.6. The topological polar surface area (TPSA) is 165 Å². The van der Waals surface area contributed by atoms with Gasteiger partial charge in [-0.25, -0.2) is 9.98 Å². The number of carbonyl (C=O) groups is 1. The number of fused-ring (bicyclic) bond motifs is 1. The summed E-state index contributed by atoms with van der Waals surface area (Å²) in [5, 5.41) is 21.0. The molecule has 2 aromatic carbocycles. The van der Waals surface area contributed by atoms with Crippen LogP contribution in [-0.4, -0.2) is 58.8 Å². The molecule has 1 aliphatic heterocycles. The minimum atomic E-state index is -1.03. The predicted molar refractivity (Wildman–Crippen MR) is 154 cm³/mol. The van der Waals surface area contributed by atoms with Gasteiger partial charge in [0.1, 0.15) is 24.4 Å². The fraction of sp³-hybridized carbons (Fsp3) is 0.179. The first-order valence-corrected chi connectivity index (χ1v) is 13.3. The second-order valence-corrected chi connectivity index (χ2v) is 10.0. The third-order valence-electron chi connectivity index (χ3n) is 6.89. The van der Waals surface area contributed by atoms with Crippen molar-refractivity contribution in [2.75, 3.05) is 7.11 Å². The number of hydroxylamine groups is 1. The molecule has 212 valence electrons. The average molecular weight is 586 g/mol. The third-order valence-corrected chi connectivity index (χ3v) is 7.13. The van der Waals surface area contributed by atoms with Crippen LogP contribution in [0.4, 0.5) is 5.69 Å². The van der Waals surface area contributed by atoms with E-state index < -0.39 is 5.97 Å². The molecule has 3 aromatic heterocycles. The van der Waals surface area contributed by atoms with E-state index in [9.17, 15) is 9.59 Å². The minimum absolute atomic E-state index is 0.144. The number of aromatic nitrogens is 7. The second-order valence-electron chi connectivity index (χ2n) is 9.58. The quantitative estimate of drug-likeness (QED) is 0.140. The van der Waals surface area contributed by atoms with Gasteiger partial charge in [0.25, 0.3) is 5.56 Å². The van der Waals surface area contributed by atoms with Crippen molar-refractivity contribution in [3.63, 3.8) is 0 Å². The van der Waals surface area contributed by atoms with E-state index in [0.29, 0.717) is 35.1 Å². The second kappa shape index (κ2) is 11.4. The van der Waals surface area contributed by atoms with Crippen LogP contribution in [-0.2, 0) is 16.1 Å². The molecule has 0 saturated heterocycles. The summed E-state index contributed by atoms with van der Waals surface area (Å²) in [4.78, 5) is 41.6. The number of tetrazole rings is 1. The lowest BCUT2D eigenvalue weighted by Crippen LogP contribution is -2.24. The lowest BCUT2D eigenvalue weighted by atomic mass is 10.0. The smallest absolute Gasteiger partial charge is 0.311 e. The highest BCUT2D eigenvalue weighted by atomic mass is 35.5. The Morgan fingerprint density at radius 2 is 2.02 bits per heavy atom. The zero-order valence-electron chi connectivity index (χ0n) is 22.2. The van der Waals surface area contributed by atoms with E-state index in [-0.39, 0.29) is 23.9 Å². The molecule has 0 amide bonds. The number of rotatable bonds is 8. The first-order chi connectivity index (χ1) is 20.4. The number of nitrogens with one attached hydrogen (secondary N) is 2. The Morgan fingerprint density at radius 1 is 1.19 bits per heavy atom. The van der Waals surface area contributed by atoms with Crippen LogP contribution in [0, 0.1) is 0 Å². The Hall–Kier alpha value is -5.14. The molecule has 4 heterocycles. The molecule has 1 aliphatic rings. The maximum atomic E-state index is 13.5. The van der Waals surface area contributed by atoms with Gasteiger partial charge in [0.05, 0.1) is 36.4 Å². The highest BCUT2D eigenvalue weighted by Gasteiger charge is 2.28. The Kier molecular flexibility index (Phi) is 7.33. The number of pyridine rings is 1. The van der Waals surface area contributed by atoms with Gasteiger partial charge in [-0.3, -0.25) is 19.9 Å². The maximum absolute atomic E-state index is 13.5. The average Bonchev–Trinajstić information content (AvgIpc) is 3.74. The summed E-state index contributed by atoms with van der Waals surface area (Å²) in [6, 6.07) is 16.0. The van der Waals surface area contributed by atoms with Crippen molar-refractivity contribution < 1.29 is 14.7 Å². The lowest BCUT2D eigenvalue weighted by Gasteiger charge is -2.15. The van der Waals surface area contributed by atoms with Crippen LogP contribution in [0.15, 0.2) is 76.9 Å². The van der Waals surface area contributed by atoms with Crippen LogP contribution < -0.4 is 11.0 Å².